The summed E-state index contributed by atoms with van der Waals surface area (Å²) in [6.45, 7) is 1.43. The number of nitrogens with zero attached hydrogens (tertiary/aromatic N) is 2. The maximum Gasteiger partial charge on any atom is 0.303 e. The fourth-order valence-corrected chi connectivity index (χ4v) is 3.08. The molecule has 0 spiro atoms. The zero-order valence-corrected chi connectivity index (χ0v) is 9.27. The minimum Gasteiger partial charge on any atom is -0.315 e. The summed E-state index contributed by atoms with van der Waals surface area (Å²) in [7, 11) is -1.41. The van der Waals surface area contributed by atoms with E-state index in [0.717, 1.165) is 13.0 Å². The molecule has 7 heteroatoms. The molecule has 1 aromatic rings. The van der Waals surface area contributed by atoms with Crippen molar-refractivity contribution in [1.82, 2.24) is 10.3 Å². The van der Waals surface area contributed by atoms with Gasteiger partial charge < -0.3 is 5.32 Å². The third kappa shape index (κ3) is 2.10. The van der Waals surface area contributed by atoms with Crippen LogP contribution in [0, 0.1) is 10.1 Å². The number of rotatable bonds is 3. The number of pyridine rings is 1. The smallest absolute Gasteiger partial charge is 0.303 e. The van der Waals surface area contributed by atoms with Gasteiger partial charge in [0.05, 0.1) is 21.0 Å². The Labute approximate surface area is 94.7 Å². The van der Waals surface area contributed by atoms with E-state index in [1.54, 1.807) is 0 Å². The van der Waals surface area contributed by atoms with Crippen LogP contribution < -0.4 is 5.32 Å². The van der Waals surface area contributed by atoms with Gasteiger partial charge in [-0.3, -0.25) is 14.3 Å². The minimum atomic E-state index is -1.41. The van der Waals surface area contributed by atoms with Crippen LogP contribution in [0.15, 0.2) is 23.4 Å². The second-order valence-electron chi connectivity index (χ2n) is 3.50. The predicted molar refractivity (Wildman–Crippen MR) is 58.6 cm³/mol. The van der Waals surface area contributed by atoms with Gasteiger partial charge in [-0.15, -0.1) is 0 Å². The van der Waals surface area contributed by atoms with Gasteiger partial charge in [0.1, 0.15) is 0 Å². The first-order valence-corrected chi connectivity index (χ1v) is 6.12. The Balaban J connectivity index is 2.32. The van der Waals surface area contributed by atoms with E-state index in [4.69, 9.17) is 0 Å². The van der Waals surface area contributed by atoms with Gasteiger partial charge in [0.15, 0.2) is 0 Å². The molecule has 86 valence electrons. The maximum atomic E-state index is 12.1. The van der Waals surface area contributed by atoms with E-state index in [1.807, 2.05) is 0 Å². The average molecular weight is 241 g/mol. The van der Waals surface area contributed by atoms with Gasteiger partial charge in [-0.25, -0.2) is 4.98 Å². The largest absolute Gasteiger partial charge is 0.315 e. The maximum absolute atomic E-state index is 12.1. The van der Waals surface area contributed by atoms with Gasteiger partial charge in [-0.1, -0.05) is 0 Å². The lowest BCUT2D eigenvalue weighted by Gasteiger charge is -2.07. The van der Waals surface area contributed by atoms with Crippen LogP contribution in [-0.4, -0.2) is 32.5 Å². The SMILES string of the molecule is O=[N+]([O-])c1cccnc1S(=O)C1CCNC1. The van der Waals surface area contributed by atoms with E-state index in [0.29, 0.717) is 6.54 Å². The Hall–Kier alpha value is -1.34. The second-order valence-corrected chi connectivity index (χ2v) is 5.15. The highest BCUT2D eigenvalue weighted by atomic mass is 32.2. The van der Waals surface area contributed by atoms with Crippen LogP contribution in [0.5, 0.6) is 0 Å². The number of nitro groups is 1. The normalized spacial score (nSPS) is 21.9. The first-order valence-electron chi connectivity index (χ1n) is 4.91. The molecule has 1 aliphatic rings. The molecule has 2 unspecified atom stereocenters. The molecular weight excluding hydrogens is 230 g/mol. The number of hydrogen-bond donors (Lipinski definition) is 1. The quantitative estimate of drug-likeness (QED) is 0.613. The lowest BCUT2D eigenvalue weighted by molar-refractivity contribution is -0.388. The molecule has 1 saturated heterocycles. The van der Waals surface area contributed by atoms with Crippen LogP contribution in [-0.2, 0) is 10.8 Å². The molecule has 1 aromatic heterocycles. The molecule has 1 fully saturated rings. The lowest BCUT2D eigenvalue weighted by Crippen LogP contribution is -2.20. The Morgan fingerprint density at radius 2 is 2.44 bits per heavy atom. The summed E-state index contributed by atoms with van der Waals surface area (Å²) in [4.78, 5) is 14.1. The summed E-state index contributed by atoms with van der Waals surface area (Å²) in [5.74, 6) is 0. The second kappa shape index (κ2) is 4.67. The van der Waals surface area contributed by atoms with Gasteiger partial charge in [0.2, 0.25) is 5.03 Å². The highest BCUT2D eigenvalue weighted by Crippen LogP contribution is 2.23. The van der Waals surface area contributed by atoms with Crippen molar-refractivity contribution < 1.29 is 9.13 Å². The van der Waals surface area contributed by atoms with Crippen LogP contribution in [0.3, 0.4) is 0 Å². The molecule has 0 amide bonds. The summed E-state index contributed by atoms with van der Waals surface area (Å²) in [5, 5.41) is 13.8. The third-order valence-corrected chi connectivity index (χ3v) is 4.16. The van der Waals surface area contributed by atoms with Gasteiger partial charge in [0.25, 0.3) is 0 Å². The Kier molecular flexibility index (Phi) is 3.25. The van der Waals surface area contributed by atoms with Crippen molar-refractivity contribution >= 4 is 16.5 Å². The van der Waals surface area contributed by atoms with E-state index >= 15 is 0 Å². The van der Waals surface area contributed by atoms with Crippen LogP contribution >= 0.6 is 0 Å². The van der Waals surface area contributed by atoms with E-state index in [1.165, 1.54) is 18.3 Å². The first-order chi connectivity index (χ1) is 7.70. The monoisotopic (exact) mass is 241 g/mol. The molecule has 0 radical (unpaired) electrons. The van der Waals surface area contributed by atoms with E-state index < -0.39 is 15.7 Å². The van der Waals surface area contributed by atoms with Gasteiger partial charge in [0, 0.05) is 18.8 Å². The zero-order valence-electron chi connectivity index (χ0n) is 8.46. The highest BCUT2D eigenvalue weighted by Gasteiger charge is 2.28. The van der Waals surface area contributed by atoms with Crippen molar-refractivity contribution in [2.45, 2.75) is 16.7 Å². The summed E-state index contributed by atoms with van der Waals surface area (Å²) in [5.41, 5.74) is -0.160. The number of aromatic nitrogens is 1. The molecule has 2 heterocycles. The van der Waals surface area contributed by atoms with Crippen molar-refractivity contribution in [3.05, 3.63) is 28.4 Å². The molecule has 16 heavy (non-hydrogen) atoms. The number of nitrogens with one attached hydrogen (secondary N) is 1. The molecule has 0 bridgehead atoms. The Bertz CT molecular complexity index is 432. The number of hydrogen-bond acceptors (Lipinski definition) is 5. The first kappa shape index (κ1) is 11.2. The van der Waals surface area contributed by atoms with Crippen molar-refractivity contribution in [1.29, 1.82) is 0 Å². The molecule has 6 nitrogen and oxygen atoms in total. The fourth-order valence-electron chi connectivity index (χ4n) is 1.65. The Morgan fingerprint density at radius 1 is 1.62 bits per heavy atom. The molecule has 0 aliphatic carbocycles. The van der Waals surface area contributed by atoms with E-state index in [2.05, 4.69) is 10.3 Å². The van der Waals surface area contributed by atoms with Crippen molar-refractivity contribution in [2.24, 2.45) is 0 Å². The van der Waals surface area contributed by atoms with Crippen molar-refractivity contribution in [3.8, 4) is 0 Å². The van der Waals surface area contributed by atoms with E-state index in [-0.39, 0.29) is 16.0 Å². The topological polar surface area (TPSA) is 85.1 Å². The predicted octanol–water partition coefficient (Wildman–Crippen LogP) is 0.459. The fraction of sp³-hybridized carbons (Fsp3) is 0.444. The molecule has 0 aromatic carbocycles. The molecule has 1 aliphatic heterocycles. The molecule has 0 saturated carbocycles. The summed E-state index contributed by atoms with van der Waals surface area (Å²) < 4.78 is 12.1. The summed E-state index contributed by atoms with van der Waals surface area (Å²) >= 11 is 0. The summed E-state index contributed by atoms with van der Waals surface area (Å²) in [6.07, 6.45) is 2.20. The van der Waals surface area contributed by atoms with Crippen LogP contribution in [0.4, 0.5) is 5.69 Å². The average Bonchev–Trinajstić information content (AvgIpc) is 2.81. The minimum absolute atomic E-state index is 0.0754. The third-order valence-electron chi connectivity index (χ3n) is 2.46. The van der Waals surface area contributed by atoms with Crippen molar-refractivity contribution in [2.75, 3.05) is 13.1 Å². The standard InChI is InChI=1S/C9H11N3O3S/c13-12(14)8-2-1-4-11-9(8)16(15)7-3-5-10-6-7/h1-2,4,7,10H,3,5-6H2. The molecule has 2 atom stereocenters. The van der Waals surface area contributed by atoms with Crippen LogP contribution in [0.2, 0.25) is 0 Å². The van der Waals surface area contributed by atoms with Crippen LogP contribution in [0.1, 0.15) is 6.42 Å². The Morgan fingerprint density at radius 3 is 3.06 bits per heavy atom. The van der Waals surface area contributed by atoms with Crippen LogP contribution in [0.25, 0.3) is 0 Å². The summed E-state index contributed by atoms with van der Waals surface area (Å²) in [6, 6.07) is 2.81. The molecular formula is C9H11N3O3S. The van der Waals surface area contributed by atoms with E-state index in [9.17, 15) is 14.3 Å². The molecule has 1 N–H and O–H groups in total. The zero-order chi connectivity index (χ0) is 11.5. The molecule has 2 rings (SSSR count). The lowest BCUT2D eigenvalue weighted by atomic mass is 10.4. The van der Waals surface area contributed by atoms with Gasteiger partial charge >= 0.3 is 5.69 Å². The van der Waals surface area contributed by atoms with Gasteiger partial charge in [-0.2, -0.15) is 0 Å². The highest BCUT2D eigenvalue weighted by molar-refractivity contribution is 7.85. The van der Waals surface area contributed by atoms with Gasteiger partial charge in [-0.05, 0) is 19.0 Å². The van der Waals surface area contributed by atoms with Crippen molar-refractivity contribution in [3.63, 3.8) is 0 Å².